The molecule has 0 radical (unpaired) electrons. The number of anilines is 1. The smallest absolute Gasteiger partial charge is 0.335 e. The van der Waals surface area contributed by atoms with Crippen molar-refractivity contribution in [2.24, 2.45) is 5.73 Å². The van der Waals surface area contributed by atoms with E-state index in [2.05, 4.69) is 4.98 Å². The lowest BCUT2D eigenvalue weighted by atomic mass is 9.97. The number of carboxylic acid groups (broad SMARTS) is 1. The van der Waals surface area contributed by atoms with Crippen molar-refractivity contribution in [2.45, 2.75) is 13.0 Å². The molecule has 0 spiro atoms. The van der Waals surface area contributed by atoms with E-state index in [9.17, 15) is 23.6 Å². The van der Waals surface area contributed by atoms with Crippen molar-refractivity contribution < 1.29 is 28.7 Å². The fourth-order valence-electron chi connectivity index (χ4n) is 3.10. The van der Waals surface area contributed by atoms with Gasteiger partial charge in [0.1, 0.15) is 5.82 Å². The highest BCUT2D eigenvalue weighted by Gasteiger charge is 2.30. The molecule has 0 saturated carbocycles. The zero-order chi connectivity index (χ0) is 24.1. The van der Waals surface area contributed by atoms with Gasteiger partial charge in [0.2, 0.25) is 11.8 Å². The highest BCUT2D eigenvalue weighted by Crippen LogP contribution is 2.30. The van der Waals surface area contributed by atoms with Crippen LogP contribution in [0.15, 0.2) is 60.9 Å². The largest absolute Gasteiger partial charge is 0.478 e. The van der Waals surface area contributed by atoms with Gasteiger partial charge >= 0.3 is 5.97 Å². The van der Waals surface area contributed by atoms with E-state index in [1.165, 1.54) is 47.6 Å². The third-order valence-electron chi connectivity index (χ3n) is 4.74. The second kappa shape index (κ2) is 10.0. The summed E-state index contributed by atoms with van der Waals surface area (Å²) >= 11 is 5.64. The van der Waals surface area contributed by atoms with Crippen LogP contribution in [-0.4, -0.2) is 33.7 Å². The SMILES string of the molecule is NC(=O)c1ccncc1.O=C(O)c1ccc2c(c1)C(=O)CC(=O)N2Cc1ccc(Cl)c(F)c1. The number of rotatable bonds is 4. The Morgan fingerprint density at radius 3 is 2.33 bits per heavy atom. The average Bonchev–Trinajstić information content (AvgIpc) is 2.79. The Kier molecular flexibility index (Phi) is 7.14. The highest BCUT2D eigenvalue weighted by atomic mass is 35.5. The van der Waals surface area contributed by atoms with Gasteiger partial charge in [-0.1, -0.05) is 17.7 Å². The normalized spacial score (nSPS) is 12.5. The summed E-state index contributed by atoms with van der Waals surface area (Å²) in [5.41, 5.74) is 6.40. The molecule has 0 aliphatic carbocycles. The van der Waals surface area contributed by atoms with Crippen molar-refractivity contribution in [1.82, 2.24) is 4.98 Å². The van der Waals surface area contributed by atoms with Gasteiger partial charge < -0.3 is 15.7 Å². The molecular weight excluding hydrogens is 453 g/mol. The summed E-state index contributed by atoms with van der Waals surface area (Å²) < 4.78 is 13.6. The number of halogens is 2. The average molecular weight is 470 g/mol. The first kappa shape index (κ1) is 23.6. The van der Waals surface area contributed by atoms with Crippen LogP contribution in [0.25, 0.3) is 0 Å². The van der Waals surface area contributed by atoms with Gasteiger partial charge in [-0.2, -0.15) is 0 Å². The quantitative estimate of drug-likeness (QED) is 0.562. The Labute approximate surface area is 192 Å². The number of hydrogen-bond acceptors (Lipinski definition) is 5. The Morgan fingerprint density at radius 2 is 1.76 bits per heavy atom. The van der Waals surface area contributed by atoms with Gasteiger partial charge in [0.25, 0.3) is 0 Å². The topological polar surface area (TPSA) is 131 Å². The van der Waals surface area contributed by atoms with Crippen LogP contribution < -0.4 is 10.6 Å². The number of nitrogens with two attached hydrogens (primary N) is 1. The number of carbonyl (C=O) groups is 4. The fourth-order valence-corrected chi connectivity index (χ4v) is 3.22. The lowest BCUT2D eigenvalue weighted by Gasteiger charge is -2.29. The van der Waals surface area contributed by atoms with E-state index < -0.39 is 29.4 Å². The van der Waals surface area contributed by atoms with Gasteiger partial charge in [0, 0.05) is 23.5 Å². The van der Waals surface area contributed by atoms with Crippen molar-refractivity contribution in [1.29, 1.82) is 0 Å². The second-order valence-electron chi connectivity index (χ2n) is 6.97. The van der Waals surface area contributed by atoms with Crippen molar-refractivity contribution in [3.8, 4) is 0 Å². The number of carboxylic acids is 1. The molecule has 2 heterocycles. The summed E-state index contributed by atoms with van der Waals surface area (Å²) in [6, 6.07) is 11.3. The molecule has 33 heavy (non-hydrogen) atoms. The molecule has 8 nitrogen and oxygen atoms in total. The van der Waals surface area contributed by atoms with Crippen LogP contribution in [0.1, 0.15) is 43.1 Å². The number of fused-ring (bicyclic) bond motifs is 1. The van der Waals surface area contributed by atoms with Crippen LogP contribution in [-0.2, 0) is 11.3 Å². The van der Waals surface area contributed by atoms with Crippen LogP contribution in [0.4, 0.5) is 10.1 Å². The van der Waals surface area contributed by atoms with Crippen molar-refractivity contribution in [3.05, 3.63) is 94.0 Å². The van der Waals surface area contributed by atoms with E-state index in [1.54, 1.807) is 18.2 Å². The molecule has 0 unspecified atom stereocenters. The number of aromatic nitrogens is 1. The van der Waals surface area contributed by atoms with E-state index in [4.69, 9.17) is 22.4 Å². The minimum absolute atomic E-state index is 0.0228. The summed E-state index contributed by atoms with van der Waals surface area (Å²) in [5.74, 6) is -3.04. The molecule has 10 heteroatoms. The van der Waals surface area contributed by atoms with Gasteiger partial charge in [-0.05, 0) is 48.0 Å². The second-order valence-corrected chi connectivity index (χ2v) is 7.37. The number of nitrogens with zero attached hydrogens (tertiary/aromatic N) is 2. The maximum Gasteiger partial charge on any atom is 0.335 e. The van der Waals surface area contributed by atoms with Crippen molar-refractivity contribution >= 4 is 40.9 Å². The summed E-state index contributed by atoms with van der Waals surface area (Å²) in [6.07, 6.45) is 2.70. The van der Waals surface area contributed by atoms with Crippen LogP contribution in [0.3, 0.4) is 0 Å². The Bertz CT molecular complexity index is 1250. The molecule has 1 aliphatic heterocycles. The number of benzene rings is 2. The molecule has 4 rings (SSSR count). The lowest BCUT2D eigenvalue weighted by molar-refractivity contribution is -0.118. The first-order valence-electron chi connectivity index (χ1n) is 9.52. The molecule has 168 valence electrons. The van der Waals surface area contributed by atoms with Crippen LogP contribution in [0.2, 0.25) is 5.02 Å². The van der Waals surface area contributed by atoms with E-state index >= 15 is 0 Å². The molecule has 0 atom stereocenters. The van der Waals surface area contributed by atoms with E-state index in [0.717, 1.165) is 0 Å². The molecule has 0 bridgehead atoms. The molecule has 2 amide bonds. The van der Waals surface area contributed by atoms with Crippen LogP contribution in [0.5, 0.6) is 0 Å². The molecule has 3 aromatic rings. The minimum Gasteiger partial charge on any atom is -0.478 e. The molecule has 2 aromatic carbocycles. The molecule has 1 aliphatic rings. The lowest BCUT2D eigenvalue weighted by Crippen LogP contribution is -2.37. The minimum atomic E-state index is -1.16. The molecule has 1 aromatic heterocycles. The first-order valence-corrected chi connectivity index (χ1v) is 9.90. The van der Waals surface area contributed by atoms with E-state index in [-0.39, 0.29) is 29.1 Å². The monoisotopic (exact) mass is 469 g/mol. The number of amides is 2. The Balaban J connectivity index is 0.000000286. The Hall–Kier alpha value is -4.11. The summed E-state index contributed by atoms with van der Waals surface area (Å²) in [5, 5.41) is 9.01. The Morgan fingerprint density at radius 1 is 1.06 bits per heavy atom. The summed E-state index contributed by atoms with van der Waals surface area (Å²) in [4.78, 5) is 50.8. The summed E-state index contributed by atoms with van der Waals surface area (Å²) in [6.45, 7) is 0.0552. The van der Waals surface area contributed by atoms with Crippen LogP contribution >= 0.6 is 11.6 Å². The number of ketones is 1. The number of Topliss-reactive ketones (excluding diaryl/α,β-unsaturated/α-hetero) is 1. The van der Waals surface area contributed by atoms with Crippen LogP contribution in [0, 0.1) is 5.82 Å². The number of carbonyl (C=O) groups excluding carboxylic acids is 3. The number of pyridine rings is 1. The zero-order valence-corrected chi connectivity index (χ0v) is 17.8. The van der Waals surface area contributed by atoms with Crippen molar-refractivity contribution in [2.75, 3.05) is 4.90 Å². The predicted molar refractivity (Wildman–Crippen MR) is 118 cm³/mol. The first-order chi connectivity index (χ1) is 15.7. The van der Waals surface area contributed by atoms with E-state index in [0.29, 0.717) is 16.8 Å². The maximum atomic E-state index is 13.6. The maximum absolute atomic E-state index is 13.6. The molecule has 0 fully saturated rings. The van der Waals surface area contributed by atoms with Gasteiger partial charge in [-0.15, -0.1) is 0 Å². The zero-order valence-electron chi connectivity index (χ0n) is 17.0. The van der Waals surface area contributed by atoms with Crippen molar-refractivity contribution in [3.63, 3.8) is 0 Å². The highest BCUT2D eigenvalue weighted by molar-refractivity contribution is 6.30. The third-order valence-corrected chi connectivity index (χ3v) is 5.04. The number of aromatic carboxylic acids is 1. The van der Waals surface area contributed by atoms with Gasteiger partial charge in [0.05, 0.1) is 29.2 Å². The molecular formula is C23H17ClFN3O5. The number of hydrogen-bond donors (Lipinski definition) is 2. The van der Waals surface area contributed by atoms with E-state index in [1.807, 2.05) is 0 Å². The fraction of sp³-hybridized carbons (Fsp3) is 0.0870. The molecule has 0 saturated heterocycles. The number of primary amides is 1. The summed E-state index contributed by atoms with van der Waals surface area (Å²) in [7, 11) is 0. The van der Waals surface area contributed by atoms with Gasteiger partial charge in [-0.3, -0.25) is 19.4 Å². The standard InChI is InChI=1S/C17H11ClFNO4.C6H6N2O/c18-12-3-1-9(5-13(12)19)8-20-14-4-2-10(17(23)24)6-11(14)15(21)7-16(20)22;7-6(9)5-1-3-8-4-2-5/h1-6H,7-8H2,(H,23,24);1-4H,(H2,7,9). The predicted octanol–water partition coefficient (Wildman–Crippen LogP) is 3.48. The third kappa shape index (κ3) is 5.58. The molecule has 3 N–H and O–H groups in total. The van der Waals surface area contributed by atoms with Gasteiger partial charge in [-0.25, -0.2) is 9.18 Å². The van der Waals surface area contributed by atoms with Gasteiger partial charge in [0.15, 0.2) is 5.78 Å².